The van der Waals surface area contributed by atoms with E-state index in [2.05, 4.69) is 25.4 Å². The number of amides is 1. The van der Waals surface area contributed by atoms with Crippen LogP contribution in [0.2, 0.25) is 0 Å². The number of nitrogens with one attached hydrogen (secondary N) is 2. The summed E-state index contributed by atoms with van der Waals surface area (Å²) in [6.07, 6.45) is 5.22. The first-order chi connectivity index (χ1) is 17.0. The van der Waals surface area contributed by atoms with E-state index in [0.29, 0.717) is 34.9 Å². The van der Waals surface area contributed by atoms with Crippen LogP contribution in [0.25, 0.3) is 33.5 Å². The summed E-state index contributed by atoms with van der Waals surface area (Å²) in [6, 6.07) is 16.0. The van der Waals surface area contributed by atoms with Crippen LogP contribution in [0.5, 0.6) is 11.6 Å². The Balaban J connectivity index is 1.42. The normalized spacial score (nSPS) is 11.9. The van der Waals surface area contributed by atoms with E-state index in [1.807, 2.05) is 43.5 Å². The zero-order valence-corrected chi connectivity index (χ0v) is 19.3. The summed E-state index contributed by atoms with van der Waals surface area (Å²) in [5, 5.41) is 17.7. The number of aromatic nitrogens is 5. The van der Waals surface area contributed by atoms with Crippen molar-refractivity contribution in [2.75, 3.05) is 7.11 Å². The van der Waals surface area contributed by atoms with Crippen LogP contribution in [0.15, 0.2) is 73.2 Å². The number of hydrogen-bond donors (Lipinski definition) is 3. The average Bonchev–Trinajstić information content (AvgIpc) is 3.53. The van der Waals surface area contributed by atoms with Gasteiger partial charge in [-0.05, 0) is 61.0 Å². The number of benzene rings is 2. The number of hydrogen-bond acceptors (Lipinski definition) is 6. The molecule has 0 aliphatic heterocycles. The van der Waals surface area contributed by atoms with Gasteiger partial charge in [0.1, 0.15) is 11.6 Å². The first-order valence-electron chi connectivity index (χ1n) is 11.1. The fourth-order valence-corrected chi connectivity index (χ4v) is 3.98. The quantitative estimate of drug-likeness (QED) is 0.332. The Kier molecular flexibility index (Phi) is 5.88. The number of nitrogens with zero attached hydrogens (tertiary/aromatic N) is 4. The molecule has 0 aliphatic carbocycles. The summed E-state index contributed by atoms with van der Waals surface area (Å²) in [5.41, 5.74) is 4.04. The lowest BCUT2D eigenvalue weighted by Crippen LogP contribution is -2.35. The Labute approximate surface area is 201 Å². The first-order valence-corrected chi connectivity index (χ1v) is 11.1. The number of imidazole rings is 1. The van der Waals surface area contributed by atoms with E-state index in [1.165, 1.54) is 0 Å². The summed E-state index contributed by atoms with van der Waals surface area (Å²) in [7, 11) is 1.57. The van der Waals surface area contributed by atoms with E-state index in [0.717, 1.165) is 16.6 Å². The number of aromatic hydroxyl groups is 1. The zero-order valence-electron chi connectivity index (χ0n) is 19.3. The second-order valence-electron chi connectivity index (χ2n) is 8.21. The molecule has 0 saturated heterocycles. The van der Waals surface area contributed by atoms with E-state index in [1.54, 1.807) is 48.5 Å². The molecule has 35 heavy (non-hydrogen) atoms. The lowest BCUT2D eigenvalue weighted by molar-refractivity contribution is 0.0936. The molecule has 1 amide bonds. The third-order valence-electron chi connectivity index (χ3n) is 5.67. The molecule has 0 fully saturated rings. The summed E-state index contributed by atoms with van der Waals surface area (Å²) in [6.45, 7) is 2.50. The topological polar surface area (TPSA) is 118 Å². The number of methoxy groups -OCH3 is 1. The number of phenols is 1. The SMILES string of the molecule is COc1ncccc1-c1ccc(O)c(-c2nc3cc(C(=O)NC(C)Cn4cccn4)ccc3[nH]2)c1. The number of carbonyl (C=O) groups excluding carboxylic acids is 1. The van der Waals surface area contributed by atoms with Crippen molar-refractivity contribution >= 4 is 16.9 Å². The third kappa shape index (κ3) is 4.56. The van der Waals surface area contributed by atoms with Gasteiger partial charge in [0.05, 0.1) is 30.3 Å². The molecule has 5 rings (SSSR count). The van der Waals surface area contributed by atoms with Crippen LogP contribution in [0, 0.1) is 0 Å². The van der Waals surface area contributed by atoms with Crippen molar-refractivity contribution in [2.45, 2.75) is 19.5 Å². The number of fused-ring (bicyclic) bond motifs is 1. The lowest BCUT2D eigenvalue weighted by Gasteiger charge is -2.14. The minimum Gasteiger partial charge on any atom is -0.507 e. The Morgan fingerprint density at radius 2 is 2.03 bits per heavy atom. The summed E-state index contributed by atoms with van der Waals surface area (Å²) < 4.78 is 7.15. The fraction of sp³-hybridized carbons (Fsp3) is 0.154. The average molecular weight is 469 g/mol. The summed E-state index contributed by atoms with van der Waals surface area (Å²) in [5.74, 6) is 0.878. The monoisotopic (exact) mass is 468 g/mol. The standard InChI is InChI=1S/C26H24N6O3/c1-16(15-32-12-4-11-28-32)29-25(34)18-6-8-21-22(14-18)31-24(30-21)20-13-17(7-9-23(20)33)19-5-3-10-27-26(19)35-2/h3-14,16,33H,15H2,1-2H3,(H,29,34)(H,30,31). The smallest absolute Gasteiger partial charge is 0.251 e. The number of carbonyl (C=O) groups is 1. The molecular weight excluding hydrogens is 444 g/mol. The van der Waals surface area contributed by atoms with Gasteiger partial charge in [0.2, 0.25) is 5.88 Å². The van der Waals surface area contributed by atoms with Gasteiger partial charge >= 0.3 is 0 Å². The molecule has 1 atom stereocenters. The second-order valence-corrected chi connectivity index (χ2v) is 8.21. The molecule has 0 spiro atoms. The van der Waals surface area contributed by atoms with Gasteiger partial charge in [-0.25, -0.2) is 9.97 Å². The molecule has 2 aromatic carbocycles. The highest BCUT2D eigenvalue weighted by Gasteiger charge is 2.16. The predicted molar refractivity (Wildman–Crippen MR) is 132 cm³/mol. The summed E-state index contributed by atoms with van der Waals surface area (Å²) in [4.78, 5) is 24.9. The Hall–Kier alpha value is -4.66. The number of H-pyrrole nitrogens is 1. The van der Waals surface area contributed by atoms with Gasteiger partial charge in [-0.1, -0.05) is 6.07 Å². The van der Waals surface area contributed by atoms with Crippen LogP contribution in [0.1, 0.15) is 17.3 Å². The van der Waals surface area contributed by atoms with Crippen molar-refractivity contribution in [3.05, 3.63) is 78.8 Å². The maximum Gasteiger partial charge on any atom is 0.251 e. The van der Waals surface area contributed by atoms with Crippen molar-refractivity contribution in [3.8, 4) is 34.1 Å². The highest BCUT2D eigenvalue weighted by Crippen LogP contribution is 2.35. The van der Waals surface area contributed by atoms with Gasteiger partial charge in [-0.3, -0.25) is 9.48 Å². The summed E-state index contributed by atoms with van der Waals surface area (Å²) >= 11 is 0. The largest absolute Gasteiger partial charge is 0.507 e. The van der Waals surface area contributed by atoms with Crippen molar-refractivity contribution < 1.29 is 14.6 Å². The van der Waals surface area contributed by atoms with Gasteiger partial charge in [-0.15, -0.1) is 0 Å². The van der Waals surface area contributed by atoms with Crippen LogP contribution in [-0.4, -0.2) is 48.9 Å². The maximum absolute atomic E-state index is 12.8. The van der Waals surface area contributed by atoms with Crippen LogP contribution < -0.4 is 10.1 Å². The molecule has 5 aromatic rings. The van der Waals surface area contributed by atoms with Crippen molar-refractivity contribution in [2.24, 2.45) is 0 Å². The molecule has 0 aliphatic rings. The van der Waals surface area contributed by atoms with E-state index >= 15 is 0 Å². The molecule has 3 heterocycles. The van der Waals surface area contributed by atoms with Gasteiger partial charge in [0.25, 0.3) is 5.91 Å². The number of rotatable bonds is 7. The Morgan fingerprint density at radius 1 is 1.14 bits per heavy atom. The highest BCUT2D eigenvalue weighted by atomic mass is 16.5. The van der Waals surface area contributed by atoms with Crippen LogP contribution in [0.3, 0.4) is 0 Å². The minimum atomic E-state index is -0.190. The minimum absolute atomic E-state index is 0.0843. The molecule has 3 N–H and O–H groups in total. The molecule has 0 bridgehead atoms. The van der Waals surface area contributed by atoms with Crippen LogP contribution >= 0.6 is 0 Å². The Bertz CT molecular complexity index is 1490. The number of phenolic OH excluding ortho intramolecular Hbond substituents is 1. The molecular formula is C26H24N6O3. The maximum atomic E-state index is 12.8. The first kappa shape index (κ1) is 22.1. The Morgan fingerprint density at radius 3 is 2.83 bits per heavy atom. The molecule has 176 valence electrons. The highest BCUT2D eigenvalue weighted by molar-refractivity contribution is 5.98. The molecule has 9 heteroatoms. The second kappa shape index (κ2) is 9.30. The van der Waals surface area contributed by atoms with Gasteiger partial charge < -0.3 is 20.1 Å². The van der Waals surface area contributed by atoms with E-state index < -0.39 is 0 Å². The molecule has 3 aromatic heterocycles. The number of pyridine rings is 1. The zero-order chi connectivity index (χ0) is 24.4. The fourth-order valence-electron chi connectivity index (χ4n) is 3.98. The van der Waals surface area contributed by atoms with Crippen molar-refractivity contribution in [1.82, 2.24) is 30.0 Å². The number of ether oxygens (including phenoxy) is 1. The van der Waals surface area contributed by atoms with Crippen LogP contribution in [0.4, 0.5) is 0 Å². The molecule has 9 nitrogen and oxygen atoms in total. The van der Waals surface area contributed by atoms with E-state index in [-0.39, 0.29) is 17.7 Å². The van der Waals surface area contributed by atoms with Crippen molar-refractivity contribution in [1.29, 1.82) is 0 Å². The van der Waals surface area contributed by atoms with Gasteiger partial charge in [-0.2, -0.15) is 5.10 Å². The number of aromatic amines is 1. The molecule has 1 unspecified atom stereocenters. The van der Waals surface area contributed by atoms with E-state index in [9.17, 15) is 9.90 Å². The van der Waals surface area contributed by atoms with E-state index in [4.69, 9.17) is 4.74 Å². The third-order valence-corrected chi connectivity index (χ3v) is 5.67. The van der Waals surface area contributed by atoms with Gasteiger partial charge in [0.15, 0.2) is 0 Å². The van der Waals surface area contributed by atoms with Gasteiger partial charge in [0, 0.05) is 35.8 Å². The molecule has 0 saturated carbocycles. The molecule has 0 radical (unpaired) electrons. The van der Waals surface area contributed by atoms with Crippen molar-refractivity contribution in [3.63, 3.8) is 0 Å². The lowest BCUT2D eigenvalue weighted by atomic mass is 10.0. The predicted octanol–water partition coefficient (Wildman–Crippen LogP) is 4.02. The van der Waals surface area contributed by atoms with Crippen LogP contribution in [-0.2, 0) is 6.54 Å².